The van der Waals surface area contributed by atoms with Gasteiger partial charge in [-0.15, -0.1) is 0 Å². The van der Waals surface area contributed by atoms with E-state index in [1.807, 2.05) is 12.1 Å². The highest BCUT2D eigenvalue weighted by Gasteiger charge is 2.36. The molecule has 1 unspecified atom stereocenters. The second-order valence-electron chi connectivity index (χ2n) is 6.74. The number of nitrogens with one attached hydrogen (secondary N) is 1. The summed E-state index contributed by atoms with van der Waals surface area (Å²) in [6.07, 6.45) is 2.84. The smallest absolute Gasteiger partial charge is 0.229 e. The van der Waals surface area contributed by atoms with E-state index in [2.05, 4.69) is 18.3 Å². The summed E-state index contributed by atoms with van der Waals surface area (Å²) >= 11 is 0. The molecule has 1 amide bonds. The lowest BCUT2D eigenvalue weighted by atomic mass is 9.97. The van der Waals surface area contributed by atoms with Crippen LogP contribution in [-0.2, 0) is 11.2 Å². The van der Waals surface area contributed by atoms with Gasteiger partial charge in [-0.1, -0.05) is 24.3 Å². The van der Waals surface area contributed by atoms with E-state index in [0.29, 0.717) is 12.1 Å². The Morgan fingerprint density at radius 3 is 2.88 bits per heavy atom. The number of amides is 1. The lowest BCUT2D eigenvalue weighted by molar-refractivity contribution is -0.130. The van der Waals surface area contributed by atoms with Crippen molar-refractivity contribution in [2.75, 3.05) is 19.0 Å². The summed E-state index contributed by atoms with van der Waals surface area (Å²) in [6.45, 7) is 2.69. The summed E-state index contributed by atoms with van der Waals surface area (Å²) in [6, 6.07) is 10.4. The number of rotatable bonds is 3. The van der Waals surface area contributed by atoms with Crippen molar-refractivity contribution in [3.63, 3.8) is 0 Å². The predicted octanol–water partition coefficient (Wildman–Crippen LogP) is 3.75. The molecular formula is C21H21FN2O2. The Kier molecular flexibility index (Phi) is 4.15. The maximum Gasteiger partial charge on any atom is 0.229 e. The molecule has 2 aromatic carbocycles. The second-order valence-corrected chi connectivity index (χ2v) is 6.74. The molecule has 2 aromatic rings. The molecule has 1 fully saturated rings. The number of carbonyl (C=O) groups excluding carboxylic acids is 1. The van der Waals surface area contributed by atoms with Gasteiger partial charge >= 0.3 is 0 Å². The molecular weight excluding hydrogens is 331 g/mol. The Labute approximate surface area is 152 Å². The molecule has 2 heterocycles. The van der Waals surface area contributed by atoms with Crippen molar-refractivity contribution in [2.45, 2.75) is 25.9 Å². The topological polar surface area (TPSA) is 41.6 Å². The van der Waals surface area contributed by atoms with Crippen LogP contribution in [0.25, 0.3) is 6.08 Å². The zero-order valence-electron chi connectivity index (χ0n) is 14.9. The van der Waals surface area contributed by atoms with Crippen molar-refractivity contribution in [1.29, 1.82) is 0 Å². The Hall–Kier alpha value is -2.82. The van der Waals surface area contributed by atoms with Crippen LogP contribution in [0.4, 0.5) is 10.1 Å². The normalized spacial score (nSPS) is 17.9. The summed E-state index contributed by atoms with van der Waals surface area (Å²) in [4.78, 5) is 14.6. The van der Waals surface area contributed by atoms with Crippen molar-refractivity contribution in [3.05, 3.63) is 64.5 Å². The number of fused-ring (bicyclic) bond motifs is 2. The number of carbonyl (C=O) groups is 1. The fourth-order valence-electron chi connectivity index (χ4n) is 3.74. The van der Waals surface area contributed by atoms with Gasteiger partial charge in [0.25, 0.3) is 0 Å². The molecule has 0 spiro atoms. The zero-order valence-corrected chi connectivity index (χ0v) is 14.9. The Morgan fingerprint density at radius 2 is 2.12 bits per heavy atom. The Morgan fingerprint density at radius 1 is 1.31 bits per heavy atom. The van der Waals surface area contributed by atoms with Gasteiger partial charge in [0.2, 0.25) is 5.91 Å². The lowest BCUT2D eigenvalue weighted by Crippen LogP contribution is -2.42. The third-order valence-corrected chi connectivity index (χ3v) is 5.18. The number of hydrogen-bond acceptors (Lipinski definition) is 3. The van der Waals surface area contributed by atoms with Gasteiger partial charge in [-0.25, -0.2) is 4.39 Å². The van der Waals surface area contributed by atoms with E-state index in [0.717, 1.165) is 29.0 Å². The molecule has 1 saturated heterocycles. The van der Waals surface area contributed by atoms with E-state index in [9.17, 15) is 9.18 Å². The van der Waals surface area contributed by atoms with Crippen molar-refractivity contribution >= 4 is 17.7 Å². The SMILES string of the molecule is COc1ccc(C)c2c1NC1C(=C2)CCN1C(=O)Cc1ccccc1F. The average molecular weight is 352 g/mol. The summed E-state index contributed by atoms with van der Waals surface area (Å²) in [5, 5.41) is 3.47. The number of aryl methyl sites for hydroxylation is 1. The molecule has 0 radical (unpaired) electrons. The van der Waals surface area contributed by atoms with E-state index in [-0.39, 0.29) is 24.3 Å². The highest BCUT2D eigenvalue weighted by Crippen LogP contribution is 2.40. The molecule has 0 saturated carbocycles. The number of benzene rings is 2. The Balaban J connectivity index is 1.61. The van der Waals surface area contributed by atoms with E-state index in [4.69, 9.17) is 4.74 Å². The molecule has 1 N–H and O–H groups in total. The quantitative estimate of drug-likeness (QED) is 0.915. The number of nitrogens with zero attached hydrogens (tertiary/aromatic N) is 1. The highest BCUT2D eigenvalue weighted by atomic mass is 19.1. The number of likely N-dealkylation sites (tertiary alicyclic amines) is 1. The molecule has 2 aliphatic heterocycles. The van der Waals surface area contributed by atoms with Crippen molar-refractivity contribution < 1.29 is 13.9 Å². The molecule has 4 nitrogen and oxygen atoms in total. The lowest BCUT2D eigenvalue weighted by Gasteiger charge is -2.32. The fraction of sp³-hybridized carbons (Fsp3) is 0.286. The van der Waals surface area contributed by atoms with Gasteiger partial charge in [-0.2, -0.15) is 0 Å². The van der Waals surface area contributed by atoms with Gasteiger partial charge in [0, 0.05) is 12.1 Å². The van der Waals surface area contributed by atoms with Crippen LogP contribution in [0.3, 0.4) is 0 Å². The monoisotopic (exact) mass is 352 g/mol. The van der Waals surface area contributed by atoms with Crippen LogP contribution in [-0.4, -0.2) is 30.6 Å². The van der Waals surface area contributed by atoms with Gasteiger partial charge in [0.1, 0.15) is 17.7 Å². The third kappa shape index (κ3) is 2.73. The van der Waals surface area contributed by atoms with Crippen LogP contribution in [0.15, 0.2) is 42.0 Å². The summed E-state index contributed by atoms with van der Waals surface area (Å²) in [5.41, 5.74) is 4.79. The maximum atomic E-state index is 13.9. The molecule has 26 heavy (non-hydrogen) atoms. The van der Waals surface area contributed by atoms with Gasteiger partial charge in [0.15, 0.2) is 0 Å². The van der Waals surface area contributed by atoms with E-state index in [1.165, 1.54) is 11.6 Å². The molecule has 5 heteroatoms. The number of anilines is 1. The molecule has 4 rings (SSSR count). The maximum absolute atomic E-state index is 13.9. The first-order valence-corrected chi connectivity index (χ1v) is 8.76. The van der Waals surface area contributed by atoms with Crippen molar-refractivity contribution in [1.82, 2.24) is 4.90 Å². The second kappa shape index (κ2) is 6.48. The first kappa shape index (κ1) is 16.6. The molecule has 2 aliphatic rings. The number of ether oxygens (including phenoxy) is 1. The van der Waals surface area contributed by atoms with Gasteiger partial charge < -0.3 is 15.0 Å². The van der Waals surface area contributed by atoms with Gasteiger partial charge in [-0.05, 0) is 48.3 Å². The molecule has 0 aromatic heterocycles. The van der Waals surface area contributed by atoms with Crippen molar-refractivity contribution in [3.8, 4) is 5.75 Å². The summed E-state index contributed by atoms with van der Waals surface area (Å²) < 4.78 is 19.4. The Bertz CT molecular complexity index is 907. The van der Waals surface area contributed by atoms with Crippen molar-refractivity contribution in [2.24, 2.45) is 0 Å². The van der Waals surface area contributed by atoms with Crippen LogP contribution in [0.5, 0.6) is 5.75 Å². The van der Waals surface area contributed by atoms with Crippen LogP contribution >= 0.6 is 0 Å². The summed E-state index contributed by atoms with van der Waals surface area (Å²) in [7, 11) is 1.64. The molecule has 1 atom stereocenters. The minimum atomic E-state index is -0.338. The van der Waals surface area contributed by atoms with E-state index >= 15 is 0 Å². The molecule has 134 valence electrons. The summed E-state index contributed by atoms with van der Waals surface area (Å²) in [5.74, 6) is 0.343. The van der Waals surface area contributed by atoms with Crippen LogP contribution in [0.1, 0.15) is 23.1 Å². The van der Waals surface area contributed by atoms with Crippen LogP contribution < -0.4 is 10.1 Å². The first-order chi connectivity index (χ1) is 12.6. The number of halogens is 1. The standard InChI is InChI=1S/C21H21FN2O2/c1-13-7-8-18(26-2)20-16(13)11-15-9-10-24(21(15)23-20)19(25)12-14-5-3-4-6-17(14)22/h3-8,11,21,23H,9-10,12H2,1-2H3. The predicted molar refractivity (Wildman–Crippen MR) is 99.6 cm³/mol. The zero-order chi connectivity index (χ0) is 18.3. The van der Waals surface area contributed by atoms with E-state index < -0.39 is 0 Å². The third-order valence-electron chi connectivity index (χ3n) is 5.18. The van der Waals surface area contributed by atoms with Gasteiger partial charge in [0.05, 0.1) is 19.2 Å². The number of hydrogen-bond donors (Lipinski definition) is 1. The fourth-order valence-corrected chi connectivity index (χ4v) is 3.74. The highest BCUT2D eigenvalue weighted by molar-refractivity contribution is 5.85. The van der Waals surface area contributed by atoms with Crippen LogP contribution in [0.2, 0.25) is 0 Å². The molecule has 0 bridgehead atoms. The molecule has 0 aliphatic carbocycles. The van der Waals surface area contributed by atoms with Crippen LogP contribution in [0, 0.1) is 12.7 Å². The first-order valence-electron chi connectivity index (χ1n) is 8.76. The van der Waals surface area contributed by atoms with E-state index in [1.54, 1.807) is 30.2 Å². The van der Waals surface area contributed by atoms with Gasteiger partial charge in [-0.3, -0.25) is 4.79 Å². The minimum absolute atomic E-state index is 0.0654. The average Bonchev–Trinajstić information content (AvgIpc) is 3.06. The number of methoxy groups -OCH3 is 1. The largest absolute Gasteiger partial charge is 0.495 e. The minimum Gasteiger partial charge on any atom is -0.495 e.